The monoisotopic (exact) mass is 187 g/mol. The highest BCUT2D eigenvalue weighted by Crippen LogP contribution is 2.20. The molecule has 1 heterocycles. The van der Waals surface area contributed by atoms with Crippen LogP contribution in [0.5, 0.6) is 0 Å². The molecule has 0 spiro atoms. The fourth-order valence-corrected chi connectivity index (χ4v) is 1.51. The number of ether oxygens (including phenoxy) is 2. The normalized spacial score (nSPS) is 28.5. The maximum atomic E-state index is 11.2. The van der Waals surface area contributed by atoms with Gasteiger partial charge < -0.3 is 15.2 Å². The molecule has 0 saturated carbocycles. The van der Waals surface area contributed by atoms with Crippen LogP contribution in [0, 0.1) is 0 Å². The largest absolute Gasteiger partial charge is 0.466 e. The quantitative estimate of drug-likeness (QED) is 0.651. The van der Waals surface area contributed by atoms with Gasteiger partial charge in [-0.1, -0.05) is 0 Å². The lowest BCUT2D eigenvalue weighted by atomic mass is 9.90. The van der Waals surface area contributed by atoms with E-state index in [4.69, 9.17) is 15.2 Å². The van der Waals surface area contributed by atoms with Crippen molar-refractivity contribution in [3.05, 3.63) is 0 Å². The maximum absolute atomic E-state index is 11.2. The van der Waals surface area contributed by atoms with E-state index < -0.39 is 5.54 Å². The number of hydrogen-bond donors (Lipinski definition) is 1. The molecule has 4 nitrogen and oxygen atoms in total. The first-order valence-electron chi connectivity index (χ1n) is 4.68. The molecule has 0 aromatic carbocycles. The van der Waals surface area contributed by atoms with Crippen LogP contribution in [0.3, 0.4) is 0 Å². The van der Waals surface area contributed by atoms with E-state index in [1.54, 1.807) is 6.92 Å². The minimum Gasteiger partial charge on any atom is -0.466 e. The van der Waals surface area contributed by atoms with Crippen LogP contribution in [0.15, 0.2) is 0 Å². The second kappa shape index (κ2) is 4.58. The van der Waals surface area contributed by atoms with E-state index in [1.165, 1.54) is 0 Å². The highest BCUT2D eigenvalue weighted by molar-refractivity contribution is 5.70. The van der Waals surface area contributed by atoms with Crippen molar-refractivity contribution in [1.82, 2.24) is 0 Å². The van der Waals surface area contributed by atoms with Gasteiger partial charge >= 0.3 is 5.97 Å². The highest BCUT2D eigenvalue weighted by Gasteiger charge is 2.31. The predicted octanol–water partition coefficient (Wildman–Crippen LogP) is 0.448. The molecule has 1 atom stereocenters. The first kappa shape index (κ1) is 10.5. The van der Waals surface area contributed by atoms with Crippen molar-refractivity contribution in [2.24, 2.45) is 5.73 Å². The standard InChI is InChI=1S/C9H17NO3/c1-2-13-8(11)6-9(10)4-3-5-12-7-9/h2-7,10H2,1H3/t9-/m0/s1. The van der Waals surface area contributed by atoms with Crippen molar-refractivity contribution in [3.8, 4) is 0 Å². The van der Waals surface area contributed by atoms with Gasteiger partial charge in [-0.05, 0) is 19.8 Å². The zero-order valence-electron chi connectivity index (χ0n) is 8.04. The van der Waals surface area contributed by atoms with Crippen molar-refractivity contribution < 1.29 is 14.3 Å². The molecule has 13 heavy (non-hydrogen) atoms. The van der Waals surface area contributed by atoms with E-state index in [9.17, 15) is 4.79 Å². The number of rotatable bonds is 3. The van der Waals surface area contributed by atoms with Gasteiger partial charge in [-0.25, -0.2) is 0 Å². The van der Waals surface area contributed by atoms with Crippen molar-refractivity contribution in [2.45, 2.75) is 31.7 Å². The molecule has 1 aliphatic heterocycles. The SMILES string of the molecule is CCOC(=O)C[C@@]1(N)CCCOC1. The number of nitrogens with two attached hydrogens (primary N) is 1. The lowest BCUT2D eigenvalue weighted by Crippen LogP contribution is -2.49. The summed E-state index contributed by atoms with van der Waals surface area (Å²) < 4.78 is 10.1. The molecule has 1 saturated heterocycles. The van der Waals surface area contributed by atoms with Gasteiger partial charge in [-0.2, -0.15) is 0 Å². The Morgan fingerprint density at radius 3 is 3.00 bits per heavy atom. The fraction of sp³-hybridized carbons (Fsp3) is 0.889. The van der Waals surface area contributed by atoms with Gasteiger partial charge in [0.05, 0.1) is 19.6 Å². The topological polar surface area (TPSA) is 61.5 Å². The lowest BCUT2D eigenvalue weighted by molar-refractivity contribution is -0.145. The summed E-state index contributed by atoms with van der Waals surface area (Å²) in [5, 5.41) is 0. The van der Waals surface area contributed by atoms with Crippen LogP contribution < -0.4 is 5.73 Å². The zero-order valence-corrected chi connectivity index (χ0v) is 8.04. The van der Waals surface area contributed by atoms with E-state index in [-0.39, 0.29) is 12.4 Å². The average molecular weight is 187 g/mol. The molecular weight excluding hydrogens is 170 g/mol. The Balaban J connectivity index is 2.36. The van der Waals surface area contributed by atoms with Gasteiger partial charge in [0.2, 0.25) is 0 Å². The van der Waals surface area contributed by atoms with Crippen molar-refractivity contribution in [2.75, 3.05) is 19.8 Å². The van der Waals surface area contributed by atoms with Crippen molar-refractivity contribution >= 4 is 5.97 Å². The van der Waals surface area contributed by atoms with E-state index in [1.807, 2.05) is 0 Å². The molecule has 0 aromatic rings. The maximum Gasteiger partial charge on any atom is 0.307 e. The van der Waals surface area contributed by atoms with Crippen LogP contribution in [0.25, 0.3) is 0 Å². The summed E-state index contributed by atoms with van der Waals surface area (Å²) in [5.41, 5.74) is 5.47. The Labute approximate surface area is 78.4 Å². The third-order valence-electron chi connectivity index (χ3n) is 2.15. The molecule has 1 aliphatic rings. The van der Waals surface area contributed by atoms with Crippen LogP contribution >= 0.6 is 0 Å². The Morgan fingerprint density at radius 2 is 2.46 bits per heavy atom. The van der Waals surface area contributed by atoms with Gasteiger partial charge in [-0.3, -0.25) is 4.79 Å². The van der Waals surface area contributed by atoms with Crippen molar-refractivity contribution in [1.29, 1.82) is 0 Å². The summed E-state index contributed by atoms with van der Waals surface area (Å²) >= 11 is 0. The fourth-order valence-electron chi connectivity index (χ4n) is 1.51. The number of esters is 1. The zero-order chi connectivity index (χ0) is 9.73. The first-order valence-corrected chi connectivity index (χ1v) is 4.68. The molecular formula is C9H17NO3. The molecule has 1 fully saturated rings. The van der Waals surface area contributed by atoms with Crippen LogP contribution in [0.2, 0.25) is 0 Å². The van der Waals surface area contributed by atoms with E-state index in [0.717, 1.165) is 19.4 Å². The van der Waals surface area contributed by atoms with Gasteiger partial charge in [-0.15, -0.1) is 0 Å². The second-order valence-corrected chi connectivity index (χ2v) is 3.50. The molecule has 0 aromatic heterocycles. The van der Waals surface area contributed by atoms with E-state index >= 15 is 0 Å². The van der Waals surface area contributed by atoms with Crippen LogP contribution in [0.1, 0.15) is 26.2 Å². The number of hydrogen-bond acceptors (Lipinski definition) is 4. The molecule has 76 valence electrons. The molecule has 0 radical (unpaired) electrons. The molecule has 4 heteroatoms. The number of carbonyl (C=O) groups excluding carboxylic acids is 1. The van der Waals surface area contributed by atoms with Crippen LogP contribution in [-0.2, 0) is 14.3 Å². The Morgan fingerprint density at radius 1 is 1.69 bits per heavy atom. The second-order valence-electron chi connectivity index (χ2n) is 3.50. The summed E-state index contributed by atoms with van der Waals surface area (Å²) in [6, 6.07) is 0. The van der Waals surface area contributed by atoms with Gasteiger partial charge in [0, 0.05) is 12.1 Å². The Hall–Kier alpha value is -0.610. The predicted molar refractivity (Wildman–Crippen MR) is 48.2 cm³/mol. The number of carbonyl (C=O) groups is 1. The van der Waals surface area contributed by atoms with Gasteiger partial charge in [0.15, 0.2) is 0 Å². The van der Waals surface area contributed by atoms with E-state index in [0.29, 0.717) is 13.2 Å². The Kier molecular flexibility index (Phi) is 3.69. The third kappa shape index (κ3) is 3.32. The highest BCUT2D eigenvalue weighted by atomic mass is 16.5. The summed E-state index contributed by atoms with van der Waals surface area (Å²) in [4.78, 5) is 11.2. The minimum atomic E-state index is -0.496. The molecule has 0 amide bonds. The van der Waals surface area contributed by atoms with Gasteiger partial charge in [0.1, 0.15) is 0 Å². The molecule has 1 rings (SSSR count). The summed E-state index contributed by atoms with van der Waals surface area (Å²) in [6.07, 6.45) is 2.03. The lowest BCUT2D eigenvalue weighted by Gasteiger charge is -2.32. The molecule has 2 N–H and O–H groups in total. The van der Waals surface area contributed by atoms with Crippen LogP contribution in [0.4, 0.5) is 0 Å². The molecule has 0 bridgehead atoms. The van der Waals surface area contributed by atoms with Crippen molar-refractivity contribution in [3.63, 3.8) is 0 Å². The molecule has 0 aliphatic carbocycles. The Bertz CT molecular complexity index is 176. The summed E-state index contributed by atoms with van der Waals surface area (Å²) in [6.45, 7) is 3.42. The first-order chi connectivity index (χ1) is 6.16. The minimum absolute atomic E-state index is 0.226. The smallest absolute Gasteiger partial charge is 0.307 e. The average Bonchev–Trinajstić information content (AvgIpc) is 2.04. The summed E-state index contributed by atoms with van der Waals surface area (Å²) in [5.74, 6) is -0.226. The van der Waals surface area contributed by atoms with Crippen LogP contribution in [-0.4, -0.2) is 31.3 Å². The summed E-state index contributed by atoms with van der Waals surface area (Å²) in [7, 11) is 0. The van der Waals surface area contributed by atoms with Gasteiger partial charge in [0.25, 0.3) is 0 Å². The third-order valence-corrected chi connectivity index (χ3v) is 2.15. The molecule has 0 unspecified atom stereocenters. The van der Waals surface area contributed by atoms with E-state index in [2.05, 4.69) is 0 Å².